The number of hydrogen-bond acceptors (Lipinski definition) is 16. The average molecular weight is 2920 g/mol. The van der Waals surface area contributed by atoms with Crippen molar-refractivity contribution in [3.8, 4) is 17.2 Å². The smallest absolute Gasteiger partial charge is 0.420 e. The van der Waals surface area contributed by atoms with Crippen molar-refractivity contribution >= 4 is 292 Å². The second-order valence-corrected chi connectivity index (χ2v) is 48.9. The zero-order valence-corrected chi connectivity index (χ0v) is 93.5. The van der Waals surface area contributed by atoms with Crippen LogP contribution in [0.15, 0.2) is 369 Å². The number of nitrogens with zero attached hydrogens (tertiary/aromatic N) is 1. The number of ether oxygens (including phenoxy) is 4. The number of carboxylic acids is 1. The standard InChI is InChI=1S/3C25H16I3O2S.C10H16O4S.C7H5NO3S.C6H7F5O3/c3*26-21-15-16-22(27)24(28)23(21)25(29)30-17-11-13-20(14-12-17)31(18-7-3-1-4-8-18)19-9-5-2-6-10-19;1-9(2)7-3-4-10(9,8(11)5-7)6-15(12,13)14;9-7-5-3-1-2-4-6(5)12(10,11)8-7;1-2-5(7,8)14-3(4(12)13)6(9,10)11/h3*1-16H;7H,3-6H2,1-2H3,(H,12,13,14);1-4H,(H,8,9);3H,2H2,1H3,(H,12,13)/q3*+1;;;/p-3. The summed E-state index contributed by atoms with van der Waals surface area (Å²) in [4.78, 5) is 71.3. The number of rotatable bonds is 21. The Labute approximate surface area is 903 Å². The Morgan fingerprint density at radius 2 is 0.724 bits per heavy atom. The first-order chi connectivity index (χ1) is 63.5. The van der Waals surface area contributed by atoms with Gasteiger partial charge in [-0.1, -0.05) is 148 Å². The van der Waals surface area contributed by atoms with E-state index in [1.54, 1.807) is 12.1 Å². The molecule has 1 heterocycles. The lowest BCUT2D eigenvalue weighted by molar-refractivity contribution is -0.368. The van der Waals surface area contributed by atoms with E-state index in [1.807, 2.05) is 123 Å². The maximum atomic E-state index is 12.8. The highest BCUT2D eigenvalue weighted by Gasteiger charge is 2.64. The van der Waals surface area contributed by atoms with Crippen LogP contribution in [0.25, 0.3) is 0 Å². The van der Waals surface area contributed by atoms with Crippen LogP contribution in [0.4, 0.5) is 22.0 Å². The van der Waals surface area contributed by atoms with E-state index in [4.69, 9.17) is 14.2 Å². The van der Waals surface area contributed by atoms with Crippen molar-refractivity contribution < 1.29 is 96.5 Å². The maximum absolute atomic E-state index is 12.8. The van der Waals surface area contributed by atoms with Gasteiger partial charge in [0.2, 0.25) is 0 Å². The average Bonchev–Trinajstić information content (AvgIpc) is 1.55. The minimum Gasteiger partial charge on any atom is -0.858 e. The first kappa shape index (κ1) is 108. The van der Waals surface area contributed by atoms with E-state index in [1.165, 1.54) is 56.2 Å². The fraction of sp³-hybridized carbons (Fsp3) is 0.143. The highest BCUT2D eigenvalue weighted by atomic mass is 127. The number of Topliss-reactive ketones (excluding diaryl/α,β-unsaturated/α-hetero) is 1. The largest absolute Gasteiger partial charge is 0.858 e. The van der Waals surface area contributed by atoms with Gasteiger partial charge in [0.05, 0.1) is 76.1 Å². The number of benzene rings is 13. The van der Waals surface area contributed by atoms with E-state index in [2.05, 4.69) is 394 Å². The van der Waals surface area contributed by atoms with Gasteiger partial charge in [-0.2, -0.15) is 34.8 Å². The van der Waals surface area contributed by atoms with Crippen molar-refractivity contribution in [2.24, 2.45) is 21.1 Å². The predicted molar refractivity (Wildman–Crippen MR) is 578 cm³/mol. The summed E-state index contributed by atoms with van der Waals surface area (Å²) in [7, 11) is -8.68. The van der Waals surface area contributed by atoms with Crippen LogP contribution in [0, 0.1) is 48.9 Å². The number of halogens is 14. The Kier molecular flexibility index (Phi) is 39.6. The van der Waals surface area contributed by atoms with Crippen LogP contribution in [0.2, 0.25) is 0 Å². The lowest BCUT2D eigenvalue weighted by atomic mass is 9.70. The minimum atomic E-state index is -5.42. The second-order valence-electron chi connectivity index (χ2n) is 29.6. The van der Waals surface area contributed by atoms with Gasteiger partial charge in [0.25, 0.3) is 10.0 Å². The third-order valence-electron chi connectivity index (χ3n) is 20.8. The van der Waals surface area contributed by atoms with Crippen LogP contribution in [-0.2, 0) is 67.2 Å². The molecule has 3 unspecified atom stereocenters. The number of sulfonamides is 1. The molecule has 0 radical (unpaired) electrons. The number of hydrogen-bond donors (Lipinski definition) is 0. The van der Waals surface area contributed by atoms with Crippen molar-refractivity contribution in [3.05, 3.63) is 370 Å². The number of carboxylic acid groups (broad SMARTS) is 1. The lowest BCUT2D eigenvalue weighted by Crippen LogP contribution is -2.50. The van der Waals surface area contributed by atoms with E-state index in [0.717, 1.165) is 45.5 Å². The minimum absolute atomic E-state index is 0.00926. The fourth-order valence-electron chi connectivity index (χ4n) is 14.1. The van der Waals surface area contributed by atoms with Gasteiger partial charge in [0, 0.05) is 61.8 Å². The van der Waals surface area contributed by atoms with Gasteiger partial charge in [-0.25, -0.2) is 22.8 Å². The van der Waals surface area contributed by atoms with Crippen molar-refractivity contribution in [1.82, 2.24) is 0 Å². The molecule has 134 heavy (non-hydrogen) atoms. The molecule has 36 heteroatoms. The molecule has 0 N–H and O–H groups in total. The van der Waals surface area contributed by atoms with Crippen LogP contribution in [0.1, 0.15) is 83.1 Å². The number of carbonyl (C=O) groups excluding carboxylic acids is 5. The molecule has 0 spiro atoms. The Hall–Kier alpha value is -6.03. The van der Waals surface area contributed by atoms with Crippen molar-refractivity contribution in [1.29, 1.82) is 0 Å². The van der Waals surface area contributed by atoms with Gasteiger partial charge < -0.3 is 38.5 Å². The van der Waals surface area contributed by atoms with Crippen LogP contribution < -0.4 is 24.4 Å². The van der Waals surface area contributed by atoms with Crippen LogP contribution in [-0.4, -0.2) is 81.1 Å². The second kappa shape index (κ2) is 48.9. The maximum Gasteiger partial charge on any atom is 0.420 e. The van der Waals surface area contributed by atoms with Gasteiger partial charge in [0.1, 0.15) is 23.0 Å². The molecule has 3 atom stereocenters. The monoisotopic (exact) mass is 2920 g/mol. The lowest BCUT2D eigenvalue weighted by Gasteiger charge is -2.37. The predicted octanol–water partition coefficient (Wildman–Crippen LogP) is 24.6. The van der Waals surface area contributed by atoms with Gasteiger partial charge in [0.15, 0.2) is 50.2 Å². The van der Waals surface area contributed by atoms with Crippen LogP contribution >= 0.6 is 203 Å². The summed E-state index contributed by atoms with van der Waals surface area (Å²) >= 11 is 19.9. The summed E-state index contributed by atoms with van der Waals surface area (Å²) < 4.78 is 146. The molecule has 13 aromatic carbocycles. The number of esters is 3. The van der Waals surface area contributed by atoms with Gasteiger partial charge in [-0.3, -0.25) is 4.79 Å². The molecular formula is C98H73F5I9NO16S5. The summed E-state index contributed by atoms with van der Waals surface area (Å²) in [5.41, 5.74) is 0.791. The molecule has 2 aliphatic carbocycles. The third kappa shape index (κ3) is 28.2. The number of ketones is 1. The highest BCUT2D eigenvalue weighted by Crippen LogP contribution is 2.64. The normalized spacial score (nSPS) is 15.1. The summed E-state index contributed by atoms with van der Waals surface area (Å²) in [5, 5.41) is 20.8. The van der Waals surface area contributed by atoms with E-state index >= 15 is 0 Å². The Bertz CT molecular complexity index is 6050. The van der Waals surface area contributed by atoms with Gasteiger partial charge in [-0.05, 0) is 416 Å². The molecule has 0 amide bonds. The third-order valence-corrected chi connectivity index (χ3v) is 41.5. The van der Waals surface area contributed by atoms with Gasteiger partial charge in [-0.15, -0.1) is 0 Å². The SMILES string of the molecule is CC1(C)C2CCC1(CS(=O)(=O)[O-])C(=O)C2.CCC(F)(F)OC(C(=O)[O-])C(F)(F)F.O=C(Oc1ccc([S+](c2ccccc2)c2ccccc2)cc1)c1c(I)ccc(I)c1I.O=C(Oc1ccc([S+](c2ccccc2)c2ccccc2)cc1)c1c(I)ccc(I)c1I.O=C(Oc1ccc([S+](c2ccccc2)c2ccccc2)cc1)c1c(I)ccc(I)c1I.O=S1(=O)N=C([O-])c2ccccc21. The van der Waals surface area contributed by atoms with Crippen LogP contribution in [0.3, 0.4) is 0 Å². The molecule has 17 nitrogen and oxygen atoms in total. The molecule has 2 bridgehead atoms. The molecule has 3 aliphatic rings. The number of fused-ring (bicyclic) bond motifs is 3. The topological polar surface area (TPSA) is 272 Å². The summed E-state index contributed by atoms with van der Waals surface area (Å²) in [6.45, 7) is 4.68. The van der Waals surface area contributed by atoms with E-state index < -0.39 is 68.0 Å². The van der Waals surface area contributed by atoms with Gasteiger partial charge >= 0.3 is 30.2 Å². The Balaban J connectivity index is 0.000000161. The van der Waals surface area contributed by atoms with Crippen molar-refractivity contribution in [2.75, 3.05) is 5.75 Å². The molecule has 1 aliphatic heterocycles. The number of carbonyl (C=O) groups is 5. The molecule has 0 saturated heterocycles. The van der Waals surface area contributed by atoms with Crippen LogP contribution in [0.5, 0.6) is 17.2 Å². The summed E-state index contributed by atoms with van der Waals surface area (Å²) in [5.74, 6) is -3.05. The molecule has 2 fully saturated rings. The molecule has 694 valence electrons. The van der Waals surface area contributed by atoms with Crippen molar-refractivity contribution in [2.45, 2.75) is 114 Å². The molecule has 2 saturated carbocycles. The quantitative estimate of drug-likeness (QED) is 0.0123. The molecule has 16 rings (SSSR count). The first-order valence-corrected chi connectivity index (χ1v) is 56.3. The fourth-order valence-corrected chi connectivity index (χ4v) is 29.7. The first-order valence-electron chi connectivity index (χ1n) is 39.9. The van der Waals surface area contributed by atoms with E-state index in [0.29, 0.717) is 46.8 Å². The Morgan fingerprint density at radius 3 is 0.970 bits per heavy atom. The molecule has 0 aromatic heterocycles. The summed E-state index contributed by atoms with van der Waals surface area (Å²) in [6.07, 6.45) is -12.4. The number of aliphatic carboxylic acids is 1. The number of alkyl halides is 5. The zero-order valence-electron chi connectivity index (χ0n) is 70.0. The van der Waals surface area contributed by atoms with E-state index in [-0.39, 0.29) is 78.2 Å². The van der Waals surface area contributed by atoms with E-state index in [9.17, 15) is 77.5 Å². The summed E-state index contributed by atoms with van der Waals surface area (Å²) in [6, 6.07) is 104. The highest BCUT2D eigenvalue weighted by molar-refractivity contribution is 14.1. The Morgan fingerprint density at radius 1 is 0.448 bits per heavy atom. The zero-order chi connectivity index (χ0) is 97.2. The molecule has 13 aromatic rings. The molecular weight excluding hydrogens is 2840 g/mol. The van der Waals surface area contributed by atoms with Crippen molar-refractivity contribution in [3.63, 3.8) is 0 Å².